The van der Waals surface area contributed by atoms with Gasteiger partial charge in [0.15, 0.2) is 11.5 Å². The number of alkyl halides is 2. The summed E-state index contributed by atoms with van der Waals surface area (Å²) in [6, 6.07) is 11.6. The van der Waals surface area contributed by atoms with Crippen molar-refractivity contribution in [3.8, 4) is 11.5 Å². The maximum absolute atomic E-state index is 12.3. The lowest BCUT2D eigenvalue weighted by Gasteiger charge is -2.10. The van der Waals surface area contributed by atoms with Crippen LogP contribution in [0.4, 0.5) is 8.78 Å². The molecule has 0 heterocycles. The second-order valence-electron chi connectivity index (χ2n) is 4.97. The van der Waals surface area contributed by atoms with Crippen molar-refractivity contribution in [3.05, 3.63) is 64.7 Å². The van der Waals surface area contributed by atoms with Gasteiger partial charge in [-0.2, -0.15) is 8.78 Å². The molecular weight excluding hydrogens is 352 g/mol. The van der Waals surface area contributed by atoms with Gasteiger partial charge in [-0.15, -0.1) is 0 Å². The molecule has 132 valence electrons. The van der Waals surface area contributed by atoms with Crippen LogP contribution in [0, 0.1) is 0 Å². The molecule has 25 heavy (non-hydrogen) atoms. The van der Waals surface area contributed by atoms with Crippen molar-refractivity contribution in [3.63, 3.8) is 0 Å². The quantitative estimate of drug-likeness (QED) is 0.743. The van der Waals surface area contributed by atoms with Crippen LogP contribution < -0.4 is 14.8 Å². The van der Waals surface area contributed by atoms with Crippen LogP contribution in [0.3, 0.4) is 0 Å². The van der Waals surface area contributed by atoms with E-state index in [0.717, 1.165) is 5.56 Å². The minimum Gasteiger partial charge on any atom is -0.493 e. The zero-order valence-corrected chi connectivity index (χ0v) is 14.1. The molecule has 0 unspecified atom stereocenters. The number of hydrogen-bond donors (Lipinski definition) is 1. The molecule has 0 bridgehead atoms. The molecule has 0 saturated heterocycles. The Hall–Kier alpha value is -2.60. The third-order valence-corrected chi connectivity index (χ3v) is 3.42. The number of hydrogen-bond acceptors (Lipinski definition) is 3. The minimum atomic E-state index is -2.94. The van der Waals surface area contributed by atoms with Crippen LogP contribution in [-0.2, 0) is 11.3 Å². The largest absolute Gasteiger partial charge is 0.493 e. The first-order valence-corrected chi connectivity index (χ1v) is 7.69. The van der Waals surface area contributed by atoms with Gasteiger partial charge in [-0.1, -0.05) is 29.8 Å². The van der Waals surface area contributed by atoms with E-state index in [0.29, 0.717) is 17.1 Å². The lowest BCUT2D eigenvalue weighted by Crippen LogP contribution is -2.20. The second kappa shape index (κ2) is 9.03. The van der Waals surface area contributed by atoms with Gasteiger partial charge in [-0.05, 0) is 41.5 Å². The van der Waals surface area contributed by atoms with E-state index >= 15 is 0 Å². The zero-order valence-electron chi connectivity index (χ0n) is 13.3. The molecular formula is C18H16ClF2NO3. The molecule has 7 heteroatoms. The van der Waals surface area contributed by atoms with Gasteiger partial charge in [-0.25, -0.2) is 0 Å². The maximum Gasteiger partial charge on any atom is 0.387 e. The standard InChI is InChI=1S/C18H16ClF2NO3/c1-24-16-10-12(5-7-15(16)25-18(20)21)6-8-17(23)22-11-13-3-2-4-14(19)9-13/h2-10,18H,11H2,1H3,(H,22,23)/b8-6+. The fourth-order valence-corrected chi connectivity index (χ4v) is 2.26. The highest BCUT2D eigenvalue weighted by atomic mass is 35.5. The average Bonchev–Trinajstić information content (AvgIpc) is 2.58. The predicted molar refractivity (Wildman–Crippen MR) is 92.0 cm³/mol. The van der Waals surface area contributed by atoms with E-state index in [9.17, 15) is 13.6 Å². The molecule has 0 radical (unpaired) electrons. The number of carbonyl (C=O) groups is 1. The van der Waals surface area contributed by atoms with Crippen molar-refractivity contribution in [1.82, 2.24) is 5.32 Å². The summed E-state index contributed by atoms with van der Waals surface area (Å²) in [6.07, 6.45) is 2.88. The van der Waals surface area contributed by atoms with E-state index in [1.165, 1.54) is 25.3 Å². The number of ether oxygens (including phenoxy) is 2. The Balaban J connectivity index is 1.97. The average molecular weight is 368 g/mol. The van der Waals surface area contributed by atoms with Crippen molar-refractivity contribution in [2.24, 2.45) is 0 Å². The number of benzene rings is 2. The summed E-state index contributed by atoms with van der Waals surface area (Å²) in [6.45, 7) is -2.60. The molecule has 4 nitrogen and oxygen atoms in total. The number of amides is 1. The zero-order chi connectivity index (χ0) is 18.2. The molecule has 1 N–H and O–H groups in total. The van der Waals surface area contributed by atoms with E-state index in [2.05, 4.69) is 10.1 Å². The Morgan fingerprint density at radius 3 is 2.72 bits per heavy atom. The van der Waals surface area contributed by atoms with Crippen molar-refractivity contribution in [2.75, 3.05) is 7.11 Å². The van der Waals surface area contributed by atoms with Crippen LogP contribution in [-0.4, -0.2) is 19.6 Å². The molecule has 1 amide bonds. The van der Waals surface area contributed by atoms with Gasteiger partial charge in [0.25, 0.3) is 0 Å². The highest BCUT2D eigenvalue weighted by Crippen LogP contribution is 2.29. The monoisotopic (exact) mass is 367 g/mol. The van der Waals surface area contributed by atoms with Crippen LogP contribution in [0.2, 0.25) is 5.02 Å². The number of nitrogens with one attached hydrogen (secondary N) is 1. The van der Waals surface area contributed by atoms with E-state index in [4.69, 9.17) is 16.3 Å². The Bertz CT molecular complexity index is 766. The number of rotatable bonds is 7. The molecule has 0 spiro atoms. The summed E-state index contributed by atoms with van der Waals surface area (Å²) < 4.78 is 33.9. The fourth-order valence-electron chi connectivity index (χ4n) is 2.05. The molecule has 2 aromatic rings. The Labute approximate surface area is 149 Å². The van der Waals surface area contributed by atoms with Gasteiger partial charge in [0.05, 0.1) is 7.11 Å². The number of halogens is 3. The molecule has 2 rings (SSSR count). The molecule has 0 saturated carbocycles. The first kappa shape index (κ1) is 18.7. The maximum atomic E-state index is 12.3. The van der Waals surface area contributed by atoms with Crippen LogP contribution >= 0.6 is 11.6 Å². The van der Waals surface area contributed by atoms with Gasteiger partial charge >= 0.3 is 6.61 Å². The Morgan fingerprint density at radius 1 is 1.24 bits per heavy atom. The smallest absolute Gasteiger partial charge is 0.387 e. The topological polar surface area (TPSA) is 47.6 Å². The van der Waals surface area contributed by atoms with Gasteiger partial charge in [0.1, 0.15) is 0 Å². The lowest BCUT2D eigenvalue weighted by molar-refractivity contribution is -0.116. The summed E-state index contributed by atoms with van der Waals surface area (Å²) in [4.78, 5) is 11.9. The summed E-state index contributed by atoms with van der Waals surface area (Å²) in [5.41, 5.74) is 1.49. The van der Waals surface area contributed by atoms with Gasteiger partial charge in [-0.3, -0.25) is 4.79 Å². The van der Waals surface area contributed by atoms with E-state index in [1.807, 2.05) is 6.07 Å². The first-order valence-electron chi connectivity index (χ1n) is 7.31. The highest BCUT2D eigenvalue weighted by molar-refractivity contribution is 6.30. The summed E-state index contributed by atoms with van der Waals surface area (Å²) in [5, 5.41) is 3.32. The van der Waals surface area contributed by atoms with E-state index in [-0.39, 0.29) is 17.4 Å². The van der Waals surface area contributed by atoms with Gasteiger partial charge in [0.2, 0.25) is 5.91 Å². The first-order chi connectivity index (χ1) is 12.0. The molecule has 0 atom stereocenters. The predicted octanol–water partition coefficient (Wildman–Crippen LogP) is 4.28. The van der Waals surface area contributed by atoms with Crippen molar-refractivity contribution in [1.29, 1.82) is 0 Å². The van der Waals surface area contributed by atoms with E-state index < -0.39 is 6.61 Å². The van der Waals surface area contributed by atoms with Gasteiger partial charge < -0.3 is 14.8 Å². The summed E-state index contributed by atoms with van der Waals surface area (Å²) in [7, 11) is 1.35. The van der Waals surface area contributed by atoms with Crippen molar-refractivity contribution >= 4 is 23.6 Å². The third kappa shape index (κ3) is 6.08. The lowest BCUT2D eigenvalue weighted by atomic mass is 10.2. The van der Waals surface area contributed by atoms with Crippen LogP contribution in [0.1, 0.15) is 11.1 Å². The molecule has 0 aliphatic heterocycles. The highest BCUT2D eigenvalue weighted by Gasteiger charge is 2.10. The third-order valence-electron chi connectivity index (χ3n) is 3.19. The molecule has 2 aromatic carbocycles. The molecule has 0 aromatic heterocycles. The fraction of sp³-hybridized carbons (Fsp3) is 0.167. The normalized spacial score (nSPS) is 10.9. The van der Waals surface area contributed by atoms with Crippen LogP contribution in [0.5, 0.6) is 11.5 Å². The van der Waals surface area contributed by atoms with E-state index in [1.54, 1.807) is 30.3 Å². The minimum absolute atomic E-state index is 0.0694. The van der Waals surface area contributed by atoms with Crippen LogP contribution in [0.15, 0.2) is 48.5 Å². The SMILES string of the molecule is COc1cc(/C=C/C(=O)NCc2cccc(Cl)c2)ccc1OC(F)F. The molecule has 0 aliphatic carbocycles. The van der Waals surface area contributed by atoms with Crippen molar-refractivity contribution in [2.45, 2.75) is 13.2 Å². The molecule has 0 aliphatic rings. The summed E-state index contributed by atoms with van der Waals surface area (Å²) >= 11 is 5.88. The van der Waals surface area contributed by atoms with Crippen LogP contribution in [0.25, 0.3) is 6.08 Å². The Kier molecular flexibility index (Phi) is 6.77. The summed E-state index contributed by atoms with van der Waals surface area (Å²) in [5.74, 6) is -0.214. The van der Waals surface area contributed by atoms with Crippen molar-refractivity contribution < 1.29 is 23.0 Å². The number of carbonyl (C=O) groups excluding carboxylic acids is 1. The Morgan fingerprint density at radius 2 is 2.04 bits per heavy atom. The molecule has 0 fully saturated rings. The second-order valence-corrected chi connectivity index (χ2v) is 5.41. The number of methoxy groups -OCH3 is 1. The van der Waals surface area contributed by atoms with Gasteiger partial charge in [0, 0.05) is 17.6 Å².